The summed E-state index contributed by atoms with van der Waals surface area (Å²) in [6.07, 6.45) is 0.953. The van der Waals surface area contributed by atoms with E-state index >= 15 is 0 Å². The van der Waals surface area contributed by atoms with Crippen LogP contribution in [0.15, 0.2) is 0 Å². The van der Waals surface area contributed by atoms with Crippen molar-refractivity contribution in [1.29, 1.82) is 0 Å². The summed E-state index contributed by atoms with van der Waals surface area (Å²) < 4.78 is 0. The molecule has 0 aliphatic carbocycles. The Hall–Kier alpha value is -1.85. The second kappa shape index (κ2) is 2.82. The molecule has 3 rings (SSSR count). The number of hydrogen-bond donors (Lipinski definition) is 2. The van der Waals surface area contributed by atoms with E-state index in [-0.39, 0.29) is 0 Å². The van der Waals surface area contributed by atoms with Crippen molar-refractivity contribution in [1.82, 2.24) is 20.2 Å². The zero-order valence-electron chi connectivity index (χ0n) is 8.70. The second-order valence-corrected chi connectivity index (χ2v) is 3.84. The number of nitrogens with one attached hydrogen (secondary N) is 2. The first-order valence-electron chi connectivity index (χ1n) is 4.92. The van der Waals surface area contributed by atoms with Gasteiger partial charge in [0.15, 0.2) is 5.65 Å². The van der Waals surface area contributed by atoms with Gasteiger partial charge in [-0.15, -0.1) is 0 Å². The summed E-state index contributed by atoms with van der Waals surface area (Å²) in [5.41, 5.74) is 1.87. The highest BCUT2D eigenvalue weighted by molar-refractivity contribution is 5.91. The topological polar surface area (TPSA) is 69.7 Å². The number of anilines is 2. The van der Waals surface area contributed by atoms with Crippen LogP contribution in [0, 0.1) is 0 Å². The minimum absolute atomic E-state index is 0.685. The van der Waals surface area contributed by atoms with Crippen LogP contribution in [-0.2, 0) is 6.42 Å². The van der Waals surface area contributed by atoms with E-state index < -0.39 is 0 Å². The van der Waals surface area contributed by atoms with Crippen LogP contribution in [0.5, 0.6) is 0 Å². The molecule has 0 fully saturated rings. The first-order chi connectivity index (χ1) is 7.25. The van der Waals surface area contributed by atoms with E-state index in [9.17, 15) is 0 Å². The predicted octanol–water partition coefficient (Wildman–Crippen LogP) is 0.387. The van der Waals surface area contributed by atoms with Gasteiger partial charge in [-0.2, -0.15) is 15.1 Å². The molecule has 0 aromatic carbocycles. The van der Waals surface area contributed by atoms with E-state index in [0.717, 1.165) is 35.5 Å². The quantitative estimate of drug-likeness (QED) is 0.703. The standard InChI is InChI=1S/C9H12N6/c1-15(2)9-11-7-6-5(3-4-10-7)13-14-8(6)12-9/h3-4H2,1-2H3,(H2,10,11,12,13,14). The lowest BCUT2D eigenvalue weighted by atomic mass is 10.2. The maximum absolute atomic E-state index is 4.45. The Bertz CT molecular complexity index is 515. The van der Waals surface area contributed by atoms with Crippen LogP contribution in [0.25, 0.3) is 11.0 Å². The molecule has 2 aromatic rings. The summed E-state index contributed by atoms with van der Waals surface area (Å²) in [4.78, 5) is 10.7. The number of aromatic amines is 1. The van der Waals surface area contributed by atoms with Gasteiger partial charge in [-0.1, -0.05) is 0 Å². The van der Waals surface area contributed by atoms with Gasteiger partial charge in [0.25, 0.3) is 0 Å². The molecular weight excluding hydrogens is 192 g/mol. The van der Waals surface area contributed by atoms with Crippen molar-refractivity contribution in [3.05, 3.63) is 5.69 Å². The van der Waals surface area contributed by atoms with Crippen LogP contribution < -0.4 is 10.2 Å². The minimum Gasteiger partial charge on any atom is -0.369 e. The largest absolute Gasteiger partial charge is 0.369 e. The molecule has 0 atom stereocenters. The first kappa shape index (κ1) is 8.46. The molecule has 0 saturated carbocycles. The molecule has 3 heterocycles. The lowest BCUT2D eigenvalue weighted by Gasteiger charge is -2.15. The predicted molar refractivity (Wildman–Crippen MR) is 58.2 cm³/mol. The number of rotatable bonds is 1. The fourth-order valence-corrected chi connectivity index (χ4v) is 1.79. The Morgan fingerprint density at radius 1 is 1.27 bits per heavy atom. The van der Waals surface area contributed by atoms with Gasteiger partial charge in [-0.3, -0.25) is 5.10 Å². The normalized spacial score (nSPS) is 14.0. The van der Waals surface area contributed by atoms with Crippen molar-refractivity contribution in [3.8, 4) is 0 Å². The average molecular weight is 204 g/mol. The zero-order chi connectivity index (χ0) is 10.4. The first-order valence-corrected chi connectivity index (χ1v) is 4.92. The number of nitrogens with zero attached hydrogens (tertiary/aromatic N) is 4. The van der Waals surface area contributed by atoms with Crippen molar-refractivity contribution in [2.24, 2.45) is 0 Å². The molecule has 0 radical (unpaired) electrons. The van der Waals surface area contributed by atoms with E-state index in [1.807, 2.05) is 19.0 Å². The molecule has 78 valence electrons. The second-order valence-electron chi connectivity index (χ2n) is 3.84. The van der Waals surface area contributed by atoms with Gasteiger partial charge in [0, 0.05) is 27.1 Å². The number of hydrogen-bond acceptors (Lipinski definition) is 5. The third-order valence-corrected chi connectivity index (χ3v) is 2.54. The van der Waals surface area contributed by atoms with E-state index in [1.54, 1.807) is 0 Å². The van der Waals surface area contributed by atoms with Crippen LogP contribution in [0.4, 0.5) is 11.8 Å². The molecular formula is C9H12N6. The summed E-state index contributed by atoms with van der Waals surface area (Å²) in [6, 6.07) is 0. The fraction of sp³-hybridized carbons (Fsp3) is 0.444. The highest BCUT2D eigenvalue weighted by Crippen LogP contribution is 2.27. The molecule has 0 spiro atoms. The Kier molecular flexibility index (Phi) is 1.59. The lowest BCUT2D eigenvalue weighted by Crippen LogP contribution is -2.17. The van der Waals surface area contributed by atoms with Crippen molar-refractivity contribution in [2.75, 3.05) is 30.9 Å². The molecule has 0 amide bonds. The zero-order valence-corrected chi connectivity index (χ0v) is 8.70. The summed E-state index contributed by atoms with van der Waals surface area (Å²) in [7, 11) is 3.84. The van der Waals surface area contributed by atoms with Gasteiger partial charge in [0.1, 0.15) is 5.82 Å². The lowest BCUT2D eigenvalue weighted by molar-refractivity contribution is 0.922. The van der Waals surface area contributed by atoms with Crippen LogP contribution in [-0.4, -0.2) is 40.8 Å². The molecule has 0 unspecified atom stereocenters. The van der Waals surface area contributed by atoms with Crippen molar-refractivity contribution in [3.63, 3.8) is 0 Å². The fourth-order valence-electron chi connectivity index (χ4n) is 1.79. The van der Waals surface area contributed by atoms with Crippen LogP contribution in [0.2, 0.25) is 0 Å². The monoisotopic (exact) mass is 204 g/mol. The van der Waals surface area contributed by atoms with E-state index in [2.05, 4.69) is 25.5 Å². The minimum atomic E-state index is 0.685. The SMILES string of the molecule is CN(C)c1nc2c3c([nH]nc3n1)CCN2. The van der Waals surface area contributed by atoms with Crippen LogP contribution in [0.1, 0.15) is 5.69 Å². The third-order valence-electron chi connectivity index (χ3n) is 2.54. The van der Waals surface area contributed by atoms with Crippen LogP contribution >= 0.6 is 0 Å². The van der Waals surface area contributed by atoms with Gasteiger partial charge in [0.2, 0.25) is 5.95 Å². The van der Waals surface area contributed by atoms with E-state index in [4.69, 9.17) is 0 Å². The van der Waals surface area contributed by atoms with Crippen LogP contribution in [0.3, 0.4) is 0 Å². The summed E-state index contributed by atoms with van der Waals surface area (Å²) in [5.74, 6) is 1.57. The molecule has 2 aromatic heterocycles. The third kappa shape index (κ3) is 1.14. The van der Waals surface area contributed by atoms with E-state index in [0.29, 0.717) is 5.95 Å². The molecule has 1 aliphatic rings. The Balaban J connectivity index is 2.31. The smallest absolute Gasteiger partial charge is 0.228 e. The highest BCUT2D eigenvalue weighted by atomic mass is 15.3. The van der Waals surface area contributed by atoms with Crippen molar-refractivity contribution in [2.45, 2.75) is 6.42 Å². The highest BCUT2D eigenvalue weighted by Gasteiger charge is 2.18. The molecule has 0 bridgehead atoms. The van der Waals surface area contributed by atoms with Gasteiger partial charge < -0.3 is 10.2 Å². The Morgan fingerprint density at radius 3 is 2.93 bits per heavy atom. The summed E-state index contributed by atoms with van der Waals surface area (Å²) in [5, 5.41) is 11.5. The number of H-pyrrole nitrogens is 1. The van der Waals surface area contributed by atoms with Gasteiger partial charge in [0.05, 0.1) is 11.1 Å². The molecule has 6 heteroatoms. The molecule has 2 N–H and O–H groups in total. The van der Waals surface area contributed by atoms with Gasteiger partial charge >= 0.3 is 0 Å². The molecule has 1 aliphatic heterocycles. The van der Waals surface area contributed by atoms with Crippen molar-refractivity contribution >= 4 is 22.8 Å². The van der Waals surface area contributed by atoms with Crippen molar-refractivity contribution < 1.29 is 0 Å². The molecule has 6 nitrogen and oxygen atoms in total. The number of aromatic nitrogens is 4. The maximum Gasteiger partial charge on any atom is 0.228 e. The molecule has 0 saturated heterocycles. The molecule has 15 heavy (non-hydrogen) atoms. The maximum atomic E-state index is 4.45. The van der Waals surface area contributed by atoms with E-state index in [1.165, 1.54) is 0 Å². The Morgan fingerprint density at radius 2 is 2.13 bits per heavy atom. The Labute approximate surface area is 86.7 Å². The van der Waals surface area contributed by atoms with Gasteiger partial charge in [-0.25, -0.2) is 0 Å². The summed E-state index contributed by atoms with van der Waals surface area (Å²) in [6.45, 7) is 0.897. The average Bonchev–Trinajstić information content (AvgIpc) is 2.64. The summed E-state index contributed by atoms with van der Waals surface area (Å²) >= 11 is 0. The van der Waals surface area contributed by atoms with Gasteiger partial charge in [-0.05, 0) is 0 Å².